The van der Waals surface area contributed by atoms with Crippen LogP contribution in [-0.4, -0.2) is 57.4 Å². The molecule has 0 spiro atoms. The molecule has 9 heteroatoms. The van der Waals surface area contributed by atoms with Gasteiger partial charge in [0.05, 0.1) is 13.2 Å². The average molecular weight is 354 g/mol. The molecule has 0 fully saturated rings. The Morgan fingerprint density at radius 2 is 2.04 bits per heavy atom. The molecule has 0 aliphatic carbocycles. The van der Waals surface area contributed by atoms with Crippen molar-refractivity contribution < 1.29 is 23.8 Å². The molecular formula is C16H26N4O5. The molecule has 0 aliphatic rings. The predicted octanol–water partition coefficient (Wildman–Crippen LogP) is -0.834. The molecule has 0 heterocycles. The molecule has 0 aliphatic heterocycles. The van der Waals surface area contributed by atoms with Crippen LogP contribution in [0.25, 0.3) is 0 Å². The normalized spacial score (nSPS) is 11.8. The topological polar surface area (TPSA) is 138 Å². The molecule has 0 saturated heterocycles. The lowest BCUT2D eigenvalue weighted by atomic mass is 10.2. The van der Waals surface area contributed by atoms with Gasteiger partial charge in [0.25, 0.3) is 5.91 Å². The summed E-state index contributed by atoms with van der Waals surface area (Å²) in [6.45, 7) is 3.06. The van der Waals surface area contributed by atoms with Gasteiger partial charge in [-0.3, -0.25) is 20.9 Å². The van der Waals surface area contributed by atoms with Gasteiger partial charge < -0.3 is 25.3 Å². The van der Waals surface area contributed by atoms with Crippen molar-refractivity contribution in [2.24, 2.45) is 11.6 Å². The Morgan fingerprint density at radius 3 is 2.76 bits per heavy atom. The summed E-state index contributed by atoms with van der Waals surface area (Å²) in [5.41, 5.74) is 8.70. The van der Waals surface area contributed by atoms with Gasteiger partial charge in [-0.15, -0.1) is 0 Å². The van der Waals surface area contributed by atoms with Crippen molar-refractivity contribution in [3.8, 4) is 5.75 Å². The number of carbonyl (C=O) groups is 2. The Kier molecular flexibility index (Phi) is 10.4. The summed E-state index contributed by atoms with van der Waals surface area (Å²) in [6.07, 6.45) is -0.644. The van der Waals surface area contributed by atoms with Crippen molar-refractivity contribution in [1.29, 1.82) is 0 Å². The highest BCUT2D eigenvalue weighted by atomic mass is 16.6. The lowest BCUT2D eigenvalue weighted by Crippen LogP contribution is -2.34. The maximum Gasteiger partial charge on any atom is 0.251 e. The van der Waals surface area contributed by atoms with Gasteiger partial charge in [0.15, 0.2) is 5.78 Å². The second-order valence-corrected chi connectivity index (χ2v) is 5.21. The van der Waals surface area contributed by atoms with E-state index in [-0.39, 0.29) is 38.1 Å². The maximum atomic E-state index is 11.9. The minimum Gasteiger partial charge on any atom is -0.489 e. The molecule has 1 atom stereocenters. The number of nitrogens with two attached hydrogens (primary N) is 2. The first-order chi connectivity index (χ1) is 12.0. The largest absolute Gasteiger partial charge is 0.489 e. The molecular weight excluding hydrogens is 328 g/mol. The molecule has 0 aromatic heterocycles. The quantitative estimate of drug-likeness (QED) is 0.156. The van der Waals surface area contributed by atoms with E-state index in [1.807, 2.05) is 0 Å². The fourth-order valence-electron chi connectivity index (χ4n) is 1.78. The second kappa shape index (κ2) is 12.3. The predicted molar refractivity (Wildman–Crippen MR) is 91.9 cm³/mol. The lowest BCUT2D eigenvalue weighted by Gasteiger charge is -2.14. The second-order valence-electron chi connectivity index (χ2n) is 5.21. The number of ketones is 1. The number of hydrazine groups is 1. The molecule has 6 N–H and O–H groups in total. The molecule has 0 bridgehead atoms. The van der Waals surface area contributed by atoms with Crippen LogP contribution in [0.15, 0.2) is 24.3 Å². The zero-order valence-corrected chi connectivity index (χ0v) is 14.3. The zero-order valence-electron chi connectivity index (χ0n) is 14.3. The molecule has 0 radical (unpaired) electrons. The van der Waals surface area contributed by atoms with Gasteiger partial charge in [0, 0.05) is 18.7 Å². The Morgan fingerprint density at radius 1 is 1.24 bits per heavy atom. The molecule has 1 amide bonds. The van der Waals surface area contributed by atoms with E-state index in [1.54, 1.807) is 24.3 Å². The summed E-state index contributed by atoms with van der Waals surface area (Å²) in [5.74, 6) is 5.39. The van der Waals surface area contributed by atoms with E-state index in [0.717, 1.165) is 0 Å². The van der Waals surface area contributed by atoms with Gasteiger partial charge in [0.1, 0.15) is 25.2 Å². The minimum absolute atomic E-state index is 0.0455. The van der Waals surface area contributed by atoms with Crippen LogP contribution in [0.4, 0.5) is 0 Å². The lowest BCUT2D eigenvalue weighted by molar-refractivity contribution is -0.122. The SMILES string of the molecule is CC(=O)COCCOC(N)COc1cccc(C(=O)NCCNN)c1. The highest BCUT2D eigenvalue weighted by Crippen LogP contribution is 2.13. The van der Waals surface area contributed by atoms with E-state index in [4.69, 9.17) is 25.8 Å². The fourth-order valence-corrected chi connectivity index (χ4v) is 1.78. The van der Waals surface area contributed by atoms with Gasteiger partial charge in [-0.05, 0) is 25.1 Å². The van der Waals surface area contributed by atoms with Crippen molar-refractivity contribution >= 4 is 11.7 Å². The Labute approximate surface area is 146 Å². The van der Waals surface area contributed by atoms with Crippen LogP contribution in [-0.2, 0) is 14.3 Å². The number of nitrogens with one attached hydrogen (secondary N) is 2. The number of Topliss-reactive ketones (excluding diaryl/α,β-unsaturated/α-hetero) is 1. The molecule has 1 aromatic carbocycles. The third-order valence-corrected chi connectivity index (χ3v) is 2.93. The summed E-state index contributed by atoms with van der Waals surface area (Å²) in [5, 5.41) is 2.72. The third kappa shape index (κ3) is 9.75. The first-order valence-corrected chi connectivity index (χ1v) is 7.92. The van der Waals surface area contributed by atoms with Crippen LogP contribution >= 0.6 is 0 Å². The number of hydrogen-bond acceptors (Lipinski definition) is 8. The van der Waals surface area contributed by atoms with Gasteiger partial charge >= 0.3 is 0 Å². The smallest absolute Gasteiger partial charge is 0.251 e. The molecule has 9 nitrogen and oxygen atoms in total. The van der Waals surface area contributed by atoms with Crippen molar-refractivity contribution in [1.82, 2.24) is 10.7 Å². The van der Waals surface area contributed by atoms with Crippen molar-refractivity contribution in [3.05, 3.63) is 29.8 Å². The number of rotatable bonds is 13. The zero-order chi connectivity index (χ0) is 18.5. The fraction of sp³-hybridized carbons (Fsp3) is 0.500. The van der Waals surface area contributed by atoms with Gasteiger partial charge in [0.2, 0.25) is 0 Å². The first-order valence-electron chi connectivity index (χ1n) is 7.92. The Balaban J connectivity index is 2.30. The maximum absolute atomic E-state index is 11.9. The van der Waals surface area contributed by atoms with Crippen molar-refractivity contribution in [3.63, 3.8) is 0 Å². The van der Waals surface area contributed by atoms with Crippen LogP contribution in [0, 0.1) is 0 Å². The highest BCUT2D eigenvalue weighted by molar-refractivity contribution is 5.94. The number of carbonyl (C=O) groups excluding carboxylic acids is 2. The van der Waals surface area contributed by atoms with Gasteiger partial charge in [-0.2, -0.15) is 0 Å². The summed E-state index contributed by atoms with van der Waals surface area (Å²) in [6, 6.07) is 6.74. The molecule has 1 rings (SSSR count). The van der Waals surface area contributed by atoms with Crippen LogP contribution < -0.4 is 27.1 Å². The van der Waals surface area contributed by atoms with Crippen LogP contribution in [0.2, 0.25) is 0 Å². The minimum atomic E-state index is -0.644. The van der Waals surface area contributed by atoms with E-state index in [1.165, 1.54) is 6.92 Å². The monoisotopic (exact) mass is 354 g/mol. The number of benzene rings is 1. The average Bonchev–Trinajstić information content (AvgIpc) is 2.59. The molecule has 0 saturated carbocycles. The molecule has 25 heavy (non-hydrogen) atoms. The van der Waals surface area contributed by atoms with Gasteiger partial charge in [-0.25, -0.2) is 0 Å². The Bertz CT molecular complexity index is 541. The summed E-state index contributed by atoms with van der Waals surface area (Å²) in [7, 11) is 0. The first kappa shape index (κ1) is 21.0. The van der Waals surface area contributed by atoms with Crippen LogP contribution in [0.1, 0.15) is 17.3 Å². The summed E-state index contributed by atoms with van der Waals surface area (Å²) < 4.78 is 15.9. The number of hydrogen-bond donors (Lipinski definition) is 4. The molecule has 1 unspecified atom stereocenters. The van der Waals surface area contributed by atoms with E-state index >= 15 is 0 Å². The van der Waals surface area contributed by atoms with Crippen molar-refractivity contribution in [2.75, 3.05) is 39.5 Å². The summed E-state index contributed by atoms with van der Waals surface area (Å²) in [4.78, 5) is 22.6. The van der Waals surface area contributed by atoms with E-state index in [2.05, 4.69) is 10.7 Å². The van der Waals surface area contributed by atoms with E-state index in [0.29, 0.717) is 24.4 Å². The van der Waals surface area contributed by atoms with Crippen molar-refractivity contribution in [2.45, 2.75) is 13.2 Å². The molecule has 1 aromatic rings. The number of amides is 1. The van der Waals surface area contributed by atoms with Crippen LogP contribution in [0.3, 0.4) is 0 Å². The standard InChI is InChI=1S/C16H26N4O5/c1-12(21)10-23-7-8-24-15(17)11-25-14-4-2-3-13(9-14)16(22)19-5-6-20-18/h2-4,9,15,20H,5-8,10-11,17-18H2,1H3,(H,19,22). The van der Waals surface area contributed by atoms with E-state index in [9.17, 15) is 9.59 Å². The van der Waals surface area contributed by atoms with Gasteiger partial charge in [-0.1, -0.05) is 6.07 Å². The number of ether oxygens (including phenoxy) is 3. The summed E-state index contributed by atoms with van der Waals surface area (Å²) >= 11 is 0. The third-order valence-electron chi connectivity index (χ3n) is 2.93. The highest BCUT2D eigenvalue weighted by Gasteiger charge is 2.08. The van der Waals surface area contributed by atoms with Crippen LogP contribution in [0.5, 0.6) is 5.75 Å². The van der Waals surface area contributed by atoms with E-state index < -0.39 is 6.23 Å². The molecule has 140 valence electrons. The Hall–Kier alpha value is -2.04.